The van der Waals surface area contributed by atoms with Crippen molar-refractivity contribution in [2.45, 2.75) is 38.9 Å². The van der Waals surface area contributed by atoms with E-state index in [4.69, 9.17) is 15.7 Å². The smallest absolute Gasteiger partial charge is 0.481 e. The monoisotopic (exact) mass is 282 g/mol. The van der Waals surface area contributed by atoms with Gasteiger partial charge < -0.3 is 5.11 Å². The minimum absolute atomic E-state index is 0.162. The lowest BCUT2D eigenvalue weighted by molar-refractivity contribution is -0.139. The van der Waals surface area contributed by atoms with Crippen LogP contribution in [0.4, 0.5) is 0 Å². The molecule has 0 heterocycles. The van der Waals surface area contributed by atoms with Crippen molar-refractivity contribution in [3.63, 3.8) is 0 Å². The molecular weight excluding hydrogens is 261 g/mol. The largest absolute Gasteiger partial charge is 0.524 e. The summed E-state index contributed by atoms with van der Waals surface area (Å²) < 4.78 is 10.6. The molecule has 0 spiro atoms. The van der Waals surface area contributed by atoms with E-state index < -0.39 is 19.8 Å². The van der Waals surface area contributed by atoms with E-state index in [1.165, 1.54) is 0 Å². The molecular formula is C10H21NO4PS+. The van der Waals surface area contributed by atoms with Gasteiger partial charge in [0.05, 0.1) is 6.42 Å². The van der Waals surface area contributed by atoms with Crippen LogP contribution < -0.4 is 5.73 Å². The zero-order valence-electron chi connectivity index (χ0n) is 10.3. The van der Waals surface area contributed by atoms with Crippen LogP contribution in [0.25, 0.3) is 0 Å². The van der Waals surface area contributed by atoms with Crippen molar-refractivity contribution in [1.82, 2.24) is 0 Å². The number of aliphatic carboxylic acids is 1. The summed E-state index contributed by atoms with van der Waals surface area (Å²) >= 11 is 1.64. The first-order valence-corrected chi connectivity index (χ1v) is 7.88. The molecule has 0 saturated heterocycles. The van der Waals surface area contributed by atoms with E-state index in [0.29, 0.717) is 6.42 Å². The number of rotatable bonds is 9. The van der Waals surface area contributed by atoms with Crippen LogP contribution in [0.1, 0.15) is 33.1 Å². The maximum Gasteiger partial charge on any atom is 0.524 e. The highest BCUT2D eigenvalue weighted by Crippen LogP contribution is 2.28. The fourth-order valence-corrected chi connectivity index (χ4v) is 3.11. The Balaban J connectivity index is 3.64. The minimum Gasteiger partial charge on any atom is -0.481 e. The molecule has 0 aliphatic carbocycles. The van der Waals surface area contributed by atoms with Gasteiger partial charge in [0.2, 0.25) is 5.78 Å². The van der Waals surface area contributed by atoms with Crippen molar-refractivity contribution >= 4 is 25.8 Å². The van der Waals surface area contributed by atoms with Crippen molar-refractivity contribution in [2.24, 2.45) is 11.1 Å². The zero-order valence-corrected chi connectivity index (χ0v) is 12.0. The molecule has 0 bridgehead atoms. The molecule has 0 amide bonds. The second-order valence-electron chi connectivity index (χ2n) is 4.76. The third-order valence-corrected chi connectivity index (χ3v) is 4.24. The fourth-order valence-electron chi connectivity index (χ4n) is 1.26. The van der Waals surface area contributed by atoms with Gasteiger partial charge in [-0.1, -0.05) is 13.8 Å². The Bertz CT molecular complexity index is 273. The van der Waals surface area contributed by atoms with Crippen LogP contribution in [-0.4, -0.2) is 33.3 Å². The molecule has 2 atom stereocenters. The van der Waals surface area contributed by atoms with E-state index in [1.54, 1.807) is 11.8 Å². The van der Waals surface area contributed by atoms with Gasteiger partial charge in [-0.3, -0.25) is 10.5 Å². The highest BCUT2D eigenvalue weighted by molar-refractivity contribution is 7.99. The highest BCUT2D eigenvalue weighted by atomic mass is 32.2. The molecule has 0 aromatic carbocycles. The van der Waals surface area contributed by atoms with Crippen LogP contribution in [0.3, 0.4) is 0 Å². The molecule has 4 N–H and O–H groups in total. The van der Waals surface area contributed by atoms with Gasteiger partial charge in [-0.2, -0.15) is 16.7 Å². The molecule has 7 heteroatoms. The number of carboxylic acids is 1. The summed E-state index contributed by atoms with van der Waals surface area (Å²) in [5, 5.41) is 8.70. The van der Waals surface area contributed by atoms with E-state index in [0.717, 1.165) is 17.9 Å². The molecule has 17 heavy (non-hydrogen) atoms. The SMILES string of the molecule is CC(C)(CCSCCC(N)[P+](=O)O)CC(=O)O. The van der Waals surface area contributed by atoms with Gasteiger partial charge in [0.15, 0.2) is 0 Å². The van der Waals surface area contributed by atoms with E-state index in [2.05, 4.69) is 0 Å². The number of nitrogens with two attached hydrogens (primary N) is 1. The number of carbonyl (C=O) groups is 1. The molecule has 0 aromatic heterocycles. The van der Waals surface area contributed by atoms with Crippen LogP contribution in [0, 0.1) is 5.41 Å². The Labute approximate surface area is 107 Å². The second kappa shape index (κ2) is 8.03. The standard InChI is InChI=1S/C10H20NO4PS/c1-10(2,7-9(12)13)4-6-17-5-3-8(11)16(14)15/h8H,3-7,11H2,1-2H3,(H-,12,13,14,15)/p+1. The van der Waals surface area contributed by atoms with Crippen LogP contribution in [0.2, 0.25) is 0 Å². The van der Waals surface area contributed by atoms with Gasteiger partial charge >= 0.3 is 14.0 Å². The first kappa shape index (κ1) is 16.8. The van der Waals surface area contributed by atoms with Crippen molar-refractivity contribution in [3.05, 3.63) is 0 Å². The molecule has 2 unspecified atom stereocenters. The lowest BCUT2D eigenvalue weighted by Gasteiger charge is -2.21. The third kappa shape index (κ3) is 9.53. The summed E-state index contributed by atoms with van der Waals surface area (Å²) in [4.78, 5) is 19.3. The van der Waals surface area contributed by atoms with Crippen LogP contribution in [0.5, 0.6) is 0 Å². The molecule has 100 valence electrons. The van der Waals surface area contributed by atoms with E-state index >= 15 is 0 Å². The van der Waals surface area contributed by atoms with Crippen LogP contribution in [-0.2, 0) is 9.36 Å². The van der Waals surface area contributed by atoms with Gasteiger partial charge in [-0.15, -0.1) is 0 Å². The summed E-state index contributed by atoms with van der Waals surface area (Å²) in [6, 6.07) is 0. The Morgan fingerprint density at radius 3 is 2.53 bits per heavy atom. The van der Waals surface area contributed by atoms with E-state index in [9.17, 15) is 9.36 Å². The molecule has 0 aliphatic heterocycles. The van der Waals surface area contributed by atoms with Gasteiger partial charge in [0, 0.05) is 6.42 Å². The van der Waals surface area contributed by atoms with Gasteiger partial charge in [0.25, 0.3) is 0 Å². The first-order valence-electron chi connectivity index (χ1n) is 5.45. The van der Waals surface area contributed by atoms with Crippen molar-refractivity contribution < 1.29 is 19.4 Å². The maximum atomic E-state index is 10.6. The lowest BCUT2D eigenvalue weighted by atomic mass is 9.87. The predicted molar refractivity (Wildman–Crippen MR) is 70.4 cm³/mol. The quantitative estimate of drug-likeness (QED) is 0.442. The molecule has 0 aliphatic rings. The average molecular weight is 282 g/mol. The van der Waals surface area contributed by atoms with Crippen LogP contribution >= 0.6 is 19.8 Å². The maximum absolute atomic E-state index is 10.6. The van der Waals surface area contributed by atoms with Crippen molar-refractivity contribution in [2.75, 3.05) is 11.5 Å². The minimum atomic E-state index is -2.28. The van der Waals surface area contributed by atoms with Crippen molar-refractivity contribution in [3.8, 4) is 0 Å². The molecule has 0 saturated carbocycles. The summed E-state index contributed by atoms with van der Waals surface area (Å²) in [6.07, 6.45) is 1.48. The summed E-state index contributed by atoms with van der Waals surface area (Å²) in [5.41, 5.74) is 5.22. The predicted octanol–water partition coefficient (Wildman–Crippen LogP) is 2.02. The van der Waals surface area contributed by atoms with E-state index in [-0.39, 0.29) is 11.8 Å². The molecule has 0 fully saturated rings. The van der Waals surface area contributed by atoms with Crippen molar-refractivity contribution in [1.29, 1.82) is 0 Å². The number of hydrogen-bond donors (Lipinski definition) is 3. The highest BCUT2D eigenvalue weighted by Gasteiger charge is 2.24. The summed E-state index contributed by atoms with van der Waals surface area (Å²) in [6.45, 7) is 3.86. The summed E-state index contributed by atoms with van der Waals surface area (Å²) in [5.74, 6) is 0.144. The summed E-state index contributed by atoms with van der Waals surface area (Å²) in [7, 11) is -2.28. The van der Waals surface area contributed by atoms with Gasteiger partial charge in [-0.05, 0) is 27.9 Å². The van der Waals surface area contributed by atoms with E-state index in [1.807, 2.05) is 13.8 Å². The molecule has 0 aromatic rings. The normalized spacial score (nSPS) is 14.5. The zero-order chi connectivity index (χ0) is 13.5. The van der Waals surface area contributed by atoms with Gasteiger partial charge in [-0.25, -0.2) is 0 Å². The Kier molecular flexibility index (Phi) is 7.96. The Morgan fingerprint density at radius 2 is 2.06 bits per heavy atom. The average Bonchev–Trinajstić information content (AvgIpc) is 2.14. The van der Waals surface area contributed by atoms with Gasteiger partial charge in [0.1, 0.15) is 0 Å². The van der Waals surface area contributed by atoms with Crippen LogP contribution in [0.15, 0.2) is 0 Å². The number of thioether (sulfide) groups is 1. The molecule has 0 radical (unpaired) electrons. The molecule has 5 nitrogen and oxygen atoms in total. The second-order valence-corrected chi connectivity index (χ2v) is 7.25. The third-order valence-electron chi connectivity index (χ3n) is 2.39. The topological polar surface area (TPSA) is 101 Å². The molecule has 0 rings (SSSR count). The Morgan fingerprint density at radius 1 is 1.47 bits per heavy atom. The fraction of sp³-hybridized carbons (Fsp3) is 0.900. The Hall–Kier alpha value is -0.160. The number of carboxylic acid groups (broad SMARTS) is 1. The number of hydrogen-bond acceptors (Lipinski definition) is 4. The lowest BCUT2D eigenvalue weighted by Crippen LogP contribution is -2.18. The first-order chi connectivity index (χ1) is 7.74.